The first-order valence-electron chi connectivity index (χ1n) is 6.63. The Bertz CT molecular complexity index is 405. The molecule has 1 aliphatic rings. The number of rotatable bonds is 5. The zero-order chi connectivity index (χ0) is 18.4. The summed E-state index contributed by atoms with van der Waals surface area (Å²) in [5, 5.41) is 66.0. The molecule has 1 heterocycles. The number of aliphatic hydroxyl groups excluding tert-OH is 5. The van der Waals surface area contributed by atoms with Gasteiger partial charge in [-0.3, -0.25) is 4.79 Å². The molecule has 1 saturated heterocycles. The third-order valence-corrected chi connectivity index (χ3v) is 3.21. The second-order valence-corrected chi connectivity index (χ2v) is 4.91. The van der Waals surface area contributed by atoms with Crippen molar-refractivity contribution in [3.05, 3.63) is 0 Å². The van der Waals surface area contributed by atoms with Crippen molar-refractivity contribution < 1.29 is 50.1 Å². The van der Waals surface area contributed by atoms with Crippen LogP contribution in [0.3, 0.4) is 0 Å². The van der Waals surface area contributed by atoms with Crippen molar-refractivity contribution in [3.8, 4) is 0 Å². The number of aliphatic carboxylic acids is 1. The van der Waals surface area contributed by atoms with Crippen molar-refractivity contribution in [1.82, 2.24) is 5.32 Å². The molecule has 0 radical (unpaired) electrons. The summed E-state index contributed by atoms with van der Waals surface area (Å²) in [6.45, 7) is 0.256. The molecule has 0 saturated carbocycles. The average Bonchev–Trinajstić information content (AvgIpc) is 2.49. The van der Waals surface area contributed by atoms with E-state index in [9.17, 15) is 30.0 Å². The van der Waals surface area contributed by atoms with Gasteiger partial charge < -0.3 is 45.8 Å². The molecular formula is C12H23NO10. The van der Waals surface area contributed by atoms with Gasteiger partial charge in [0.2, 0.25) is 5.91 Å². The Morgan fingerprint density at radius 1 is 1.35 bits per heavy atom. The van der Waals surface area contributed by atoms with Crippen molar-refractivity contribution >= 4 is 11.9 Å². The van der Waals surface area contributed by atoms with Crippen LogP contribution in [0, 0.1) is 0 Å². The number of nitrogens with one attached hydrogen (secondary N) is 1. The maximum absolute atomic E-state index is 11.1. The van der Waals surface area contributed by atoms with Crippen molar-refractivity contribution in [2.75, 3.05) is 13.7 Å². The molecule has 6 atom stereocenters. The lowest BCUT2D eigenvalue weighted by atomic mass is 9.88. The number of ether oxygens (including phenoxy) is 1. The summed E-state index contributed by atoms with van der Waals surface area (Å²) in [4.78, 5) is 22.1. The van der Waals surface area contributed by atoms with Crippen LogP contribution in [0.5, 0.6) is 0 Å². The van der Waals surface area contributed by atoms with Crippen LogP contribution in [-0.2, 0) is 14.3 Å². The summed E-state index contributed by atoms with van der Waals surface area (Å²) in [5.74, 6) is -5.17. The largest absolute Gasteiger partial charge is 0.477 e. The first kappa shape index (κ1) is 21.7. The van der Waals surface area contributed by atoms with Gasteiger partial charge in [0.1, 0.15) is 18.3 Å². The van der Waals surface area contributed by atoms with Gasteiger partial charge in [0.05, 0.1) is 18.8 Å². The number of hydrogen-bond donors (Lipinski definition) is 8. The Morgan fingerprint density at radius 3 is 2.26 bits per heavy atom. The maximum Gasteiger partial charge on any atom is 0.364 e. The summed E-state index contributed by atoms with van der Waals surface area (Å²) < 4.78 is 4.86. The molecule has 8 N–H and O–H groups in total. The van der Waals surface area contributed by atoms with Crippen molar-refractivity contribution in [2.24, 2.45) is 0 Å². The Kier molecular flexibility index (Phi) is 8.55. The van der Waals surface area contributed by atoms with E-state index >= 15 is 0 Å². The average molecular weight is 341 g/mol. The van der Waals surface area contributed by atoms with Crippen LogP contribution in [0.15, 0.2) is 0 Å². The van der Waals surface area contributed by atoms with Gasteiger partial charge in [0, 0.05) is 20.5 Å². The molecule has 1 fully saturated rings. The third-order valence-electron chi connectivity index (χ3n) is 3.21. The van der Waals surface area contributed by atoms with E-state index in [2.05, 4.69) is 5.32 Å². The lowest BCUT2D eigenvalue weighted by Crippen LogP contribution is -2.67. The van der Waals surface area contributed by atoms with Crippen LogP contribution in [-0.4, -0.2) is 97.6 Å². The van der Waals surface area contributed by atoms with Crippen molar-refractivity contribution in [1.29, 1.82) is 0 Å². The number of carboxylic acids is 1. The van der Waals surface area contributed by atoms with Gasteiger partial charge in [0.15, 0.2) is 0 Å². The van der Waals surface area contributed by atoms with Crippen molar-refractivity contribution in [2.45, 2.75) is 49.6 Å². The fourth-order valence-corrected chi connectivity index (χ4v) is 2.14. The molecule has 11 nitrogen and oxygen atoms in total. The van der Waals surface area contributed by atoms with Gasteiger partial charge in [-0.15, -0.1) is 0 Å². The zero-order valence-corrected chi connectivity index (χ0v) is 12.7. The van der Waals surface area contributed by atoms with Gasteiger partial charge in [-0.05, 0) is 0 Å². The van der Waals surface area contributed by atoms with Crippen LogP contribution in [0.4, 0.5) is 0 Å². The third kappa shape index (κ3) is 5.35. The van der Waals surface area contributed by atoms with E-state index in [1.807, 2.05) is 0 Å². The van der Waals surface area contributed by atoms with Crippen molar-refractivity contribution in [3.63, 3.8) is 0 Å². The van der Waals surface area contributed by atoms with Crippen LogP contribution in [0.25, 0.3) is 0 Å². The number of amides is 1. The van der Waals surface area contributed by atoms with Gasteiger partial charge in [-0.1, -0.05) is 0 Å². The van der Waals surface area contributed by atoms with Crippen LogP contribution >= 0.6 is 0 Å². The van der Waals surface area contributed by atoms with E-state index < -0.39 is 61.1 Å². The molecule has 0 bridgehead atoms. The lowest BCUT2D eigenvalue weighted by molar-refractivity contribution is -0.295. The number of aliphatic hydroxyl groups is 6. The fraction of sp³-hybridized carbons (Fsp3) is 0.833. The topological polar surface area (TPSA) is 197 Å². The Morgan fingerprint density at radius 2 is 1.87 bits per heavy atom. The van der Waals surface area contributed by atoms with E-state index in [1.54, 1.807) is 0 Å². The summed E-state index contributed by atoms with van der Waals surface area (Å²) >= 11 is 0. The van der Waals surface area contributed by atoms with Crippen LogP contribution in [0.2, 0.25) is 0 Å². The normalized spacial score (nSPS) is 33.0. The first-order valence-corrected chi connectivity index (χ1v) is 6.63. The lowest BCUT2D eigenvalue weighted by Gasteiger charge is -2.44. The monoisotopic (exact) mass is 341 g/mol. The first-order chi connectivity index (χ1) is 10.6. The van der Waals surface area contributed by atoms with E-state index in [1.165, 1.54) is 0 Å². The Labute approximate surface area is 131 Å². The minimum absolute atomic E-state index is 0.598. The standard InChI is InChI=1S/C11H19NO9.CH4O/c1-4(14)12-7-5(15)2-11(20,10(18)19)21-9(7)8(17)6(16)3-13;1-2/h5-9,13,15-17,20H,2-3H2,1H3,(H,12,14)(H,18,19);2H,1H3/t5-,6+,7+,8+,9+,11?;/m0./s1. The van der Waals surface area contributed by atoms with E-state index in [-0.39, 0.29) is 0 Å². The summed E-state index contributed by atoms with van der Waals surface area (Å²) in [6.07, 6.45) is -7.48. The highest BCUT2D eigenvalue weighted by atomic mass is 16.7. The number of carboxylic acid groups (broad SMARTS) is 1. The van der Waals surface area contributed by atoms with Gasteiger partial charge in [-0.2, -0.15) is 0 Å². The summed E-state index contributed by atoms with van der Waals surface area (Å²) in [6, 6.07) is -1.27. The highest BCUT2D eigenvalue weighted by molar-refractivity contribution is 5.76. The molecule has 0 spiro atoms. The molecule has 0 aromatic rings. The van der Waals surface area contributed by atoms with E-state index in [4.69, 9.17) is 20.1 Å². The molecule has 136 valence electrons. The van der Waals surface area contributed by atoms with Gasteiger partial charge in [0.25, 0.3) is 5.79 Å². The highest BCUT2D eigenvalue weighted by Crippen LogP contribution is 2.30. The predicted molar refractivity (Wildman–Crippen MR) is 72.9 cm³/mol. The number of carbonyl (C=O) groups excluding carboxylic acids is 1. The SMILES string of the molecule is CC(=O)N[C@H]1[C@H]([C@H](O)[C@H](O)CO)OC(O)(C(=O)O)C[C@@H]1O.CO. The molecule has 1 aliphatic heterocycles. The fourth-order valence-electron chi connectivity index (χ4n) is 2.14. The molecule has 0 aromatic heterocycles. The molecule has 0 aromatic carbocycles. The molecule has 1 rings (SSSR count). The minimum Gasteiger partial charge on any atom is -0.477 e. The van der Waals surface area contributed by atoms with E-state index in [0.717, 1.165) is 14.0 Å². The number of carbonyl (C=O) groups is 2. The summed E-state index contributed by atoms with van der Waals surface area (Å²) in [5.41, 5.74) is 0. The minimum atomic E-state index is -2.78. The highest BCUT2D eigenvalue weighted by Gasteiger charge is 2.53. The maximum atomic E-state index is 11.1. The molecule has 11 heteroatoms. The molecule has 23 heavy (non-hydrogen) atoms. The number of hydrogen-bond acceptors (Lipinski definition) is 9. The van der Waals surface area contributed by atoms with Crippen LogP contribution < -0.4 is 5.32 Å². The smallest absolute Gasteiger partial charge is 0.364 e. The second-order valence-electron chi connectivity index (χ2n) is 4.91. The van der Waals surface area contributed by atoms with Crippen LogP contribution in [0.1, 0.15) is 13.3 Å². The quantitative estimate of drug-likeness (QED) is 0.242. The molecule has 1 amide bonds. The molecular weight excluding hydrogens is 318 g/mol. The van der Waals surface area contributed by atoms with E-state index in [0.29, 0.717) is 0 Å². The Balaban J connectivity index is 0.00000232. The molecule has 0 aliphatic carbocycles. The van der Waals surface area contributed by atoms with Gasteiger partial charge >= 0.3 is 5.97 Å². The predicted octanol–water partition coefficient (Wildman–Crippen LogP) is -4.26. The summed E-state index contributed by atoms with van der Waals surface area (Å²) in [7, 11) is 1.00. The second kappa shape index (κ2) is 9.08. The zero-order valence-electron chi connectivity index (χ0n) is 12.7. The molecule has 1 unspecified atom stereocenters. The van der Waals surface area contributed by atoms with Gasteiger partial charge in [-0.25, -0.2) is 4.79 Å². The Hall–Kier alpha value is -1.34.